The maximum absolute atomic E-state index is 12.6. The van der Waals surface area contributed by atoms with Gasteiger partial charge in [0.05, 0.1) is 31.9 Å². The maximum atomic E-state index is 12.6. The predicted molar refractivity (Wildman–Crippen MR) is 169 cm³/mol. The number of aryl methyl sites for hydroxylation is 2. The number of nitrogens with one attached hydrogen (secondary N) is 1. The van der Waals surface area contributed by atoms with E-state index in [1.807, 2.05) is 6.07 Å². The van der Waals surface area contributed by atoms with Crippen LogP contribution in [-0.2, 0) is 18.4 Å². The van der Waals surface area contributed by atoms with Gasteiger partial charge >= 0.3 is 0 Å². The molecule has 1 aromatic heterocycles. The zero-order valence-electron chi connectivity index (χ0n) is 25.7. The number of unbranched alkanes of at least 4 members (excludes halogenated alkanes) is 3. The standard InChI is InChI=1S/C35H45N3O4/c1-35(2,3)27-17-19-28(20-18-27)42-24-12-11-23-38-30-14-9-8-13-29(30)37-33(38)15-7-6-10-22-36-34(39)26-16-21-31(40-4)32(25-26)41-5/h8-9,13-14,16-21,25H,6-7,10-12,15,22-24H2,1-5H3,(H,36,39). The number of para-hydroxylation sites is 2. The lowest BCUT2D eigenvalue weighted by Gasteiger charge is -2.19. The summed E-state index contributed by atoms with van der Waals surface area (Å²) in [5.41, 5.74) is 4.25. The van der Waals surface area contributed by atoms with E-state index in [0.717, 1.165) is 62.2 Å². The molecule has 224 valence electrons. The van der Waals surface area contributed by atoms with Crippen molar-refractivity contribution in [3.05, 3.63) is 83.7 Å². The minimum atomic E-state index is -0.108. The quantitative estimate of drug-likeness (QED) is 0.151. The lowest BCUT2D eigenvalue weighted by atomic mass is 9.87. The first-order valence-electron chi connectivity index (χ1n) is 15.0. The number of amides is 1. The highest BCUT2D eigenvalue weighted by Crippen LogP contribution is 2.28. The molecule has 1 heterocycles. The van der Waals surface area contributed by atoms with E-state index in [4.69, 9.17) is 19.2 Å². The number of imidazole rings is 1. The number of hydrogen-bond donors (Lipinski definition) is 1. The van der Waals surface area contributed by atoms with Crippen molar-refractivity contribution in [2.45, 2.75) is 71.3 Å². The minimum absolute atomic E-state index is 0.108. The number of ether oxygens (including phenoxy) is 3. The molecular formula is C35H45N3O4. The first-order valence-corrected chi connectivity index (χ1v) is 15.0. The Morgan fingerprint density at radius 1 is 0.857 bits per heavy atom. The second-order valence-corrected chi connectivity index (χ2v) is 11.6. The van der Waals surface area contributed by atoms with Gasteiger partial charge in [0.1, 0.15) is 11.6 Å². The lowest BCUT2D eigenvalue weighted by Crippen LogP contribution is -2.24. The molecule has 0 aliphatic rings. The molecule has 4 rings (SSSR count). The van der Waals surface area contributed by atoms with E-state index in [1.54, 1.807) is 32.4 Å². The summed E-state index contributed by atoms with van der Waals surface area (Å²) < 4.78 is 18.9. The highest BCUT2D eigenvalue weighted by molar-refractivity contribution is 5.94. The number of methoxy groups -OCH3 is 2. The van der Waals surface area contributed by atoms with Gasteiger partial charge in [-0.25, -0.2) is 4.98 Å². The predicted octanol–water partition coefficient (Wildman–Crippen LogP) is 7.35. The molecule has 0 atom stereocenters. The summed E-state index contributed by atoms with van der Waals surface area (Å²) in [6.45, 7) is 8.91. The average Bonchev–Trinajstić information content (AvgIpc) is 3.35. The number of carbonyl (C=O) groups is 1. The van der Waals surface area contributed by atoms with Crippen LogP contribution in [0.4, 0.5) is 0 Å². The van der Waals surface area contributed by atoms with Crippen LogP contribution in [0.5, 0.6) is 17.2 Å². The molecular weight excluding hydrogens is 526 g/mol. The van der Waals surface area contributed by atoms with Crippen LogP contribution < -0.4 is 19.5 Å². The summed E-state index contributed by atoms with van der Waals surface area (Å²) in [6.07, 6.45) is 5.85. The highest BCUT2D eigenvalue weighted by atomic mass is 16.5. The Kier molecular flexibility index (Phi) is 10.9. The first kappa shape index (κ1) is 30.9. The minimum Gasteiger partial charge on any atom is -0.494 e. The van der Waals surface area contributed by atoms with E-state index in [0.29, 0.717) is 30.2 Å². The molecule has 42 heavy (non-hydrogen) atoms. The molecule has 7 heteroatoms. The van der Waals surface area contributed by atoms with Crippen LogP contribution in [0.1, 0.15) is 74.6 Å². The van der Waals surface area contributed by atoms with Crippen LogP contribution in [0.15, 0.2) is 66.7 Å². The molecule has 0 aliphatic carbocycles. The summed E-state index contributed by atoms with van der Waals surface area (Å²) in [5.74, 6) is 3.10. The molecule has 1 amide bonds. The van der Waals surface area contributed by atoms with Gasteiger partial charge in [-0.1, -0.05) is 51.5 Å². The molecule has 0 aliphatic heterocycles. The maximum Gasteiger partial charge on any atom is 0.251 e. The van der Waals surface area contributed by atoms with Gasteiger partial charge in [-0.05, 0) is 79.1 Å². The van der Waals surface area contributed by atoms with Crippen molar-refractivity contribution in [2.75, 3.05) is 27.4 Å². The van der Waals surface area contributed by atoms with Gasteiger partial charge < -0.3 is 24.1 Å². The number of rotatable bonds is 15. The van der Waals surface area contributed by atoms with E-state index in [9.17, 15) is 4.79 Å². The molecule has 0 unspecified atom stereocenters. The fourth-order valence-electron chi connectivity index (χ4n) is 5.05. The van der Waals surface area contributed by atoms with Crippen molar-refractivity contribution in [3.63, 3.8) is 0 Å². The lowest BCUT2D eigenvalue weighted by molar-refractivity contribution is 0.0952. The van der Waals surface area contributed by atoms with Gasteiger partial charge in [0.15, 0.2) is 11.5 Å². The van der Waals surface area contributed by atoms with E-state index < -0.39 is 0 Å². The molecule has 0 spiro atoms. The number of nitrogens with zero attached hydrogens (tertiary/aromatic N) is 2. The van der Waals surface area contributed by atoms with Gasteiger partial charge in [0.2, 0.25) is 0 Å². The smallest absolute Gasteiger partial charge is 0.251 e. The topological polar surface area (TPSA) is 74.6 Å². The van der Waals surface area contributed by atoms with E-state index in [-0.39, 0.29) is 11.3 Å². The van der Waals surface area contributed by atoms with Crippen molar-refractivity contribution in [1.82, 2.24) is 14.9 Å². The van der Waals surface area contributed by atoms with Crippen LogP contribution in [0.3, 0.4) is 0 Å². The highest BCUT2D eigenvalue weighted by Gasteiger charge is 2.14. The molecule has 0 saturated carbocycles. The number of hydrogen-bond acceptors (Lipinski definition) is 5. The van der Waals surface area contributed by atoms with E-state index in [2.05, 4.69) is 73.1 Å². The first-order chi connectivity index (χ1) is 20.3. The Labute approximate surface area is 250 Å². The zero-order valence-corrected chi connectivity index (χ0v) is 25.7. The van der Waals surface area contributed by atoms with Gasteiger partial charge in [-0.3, -0.25) is 4.79 Å². The van der Waals surface area contributed by atoms with Crippen molar-refractivity contribution < 1.29 is 19.0 Å². The molecule has 3 aromatic carbocycles. The number of aromatic nitrogens is 2. The third-order valence-corrected chi connectivity index (χ3v) is 7.51. The third-order valence-electron chi connectivity index (χ3n) is 7.51. The number of benzene rings is 3. The molecule has 4 aromatic rings. The molecule has 0 saturated heterocycles. The Bertz CT molecular complexity index is 1440. The van der Waals surface area contributed by atoms with Crippen molar-refractivity contribution in [1.29, 1.82) is 0 Å². The summed E-state index contributed by atoms with van der Waals surface area (Å²) in [5, 5.41) is 3.01. The Morgan fingerprint density at radius 2 is 1.62 bits per heavy atom. The molecule has 1 N–H and O–H groups in total. The molecule has 0 fully saturated rings. The van der Waals surface area contributed by atoms with E-state index in [1.165, 1.54) is 11.1 Å². The van der Waals surface area contributed by atoms with Crippen LogP contribution >= 0.6 is 0 Å². The largest absolute Gasteiger partial charge is 0.494 e. The summed E-state index contributed by atoms with van der Waals surface area (Å²) in [6, 6.07) is 22.0. The van der Waals surface area contributed by atoms with Crippen molar-refractivity contribution >= 4 is 16.9 Å². The second-order valence-electron chi connectivity index (χ2n) is 11.6. The molecule has 0 radical (unpaired) electrons. The van der Waals surface area contributed by atoms with Crippen LogP contribution in [0.25, 0.3) is 11.0 Å². The Hall–Kier alpha value is -4.00. The molecule has 7 nitrogen and oxygen atoms in total. The van der Waals surface area contributed by atoms with E-state index >= 15 is 0 Å². The summed E-state index contributed by atoms with van der Waals surface area (Å²) >= 11 is 0. The van der Waals surface area contributed by atoms with Gasteiger partial charge in [-0.15, -0.1) is 0 Å². The van der Waals surface area contributed by atoms with Crippen molar-refractivity contribution in [3.8, 4) is 17.2 Å². The Balaban J connectivity index is 1.21. The van der Waals surface area contributed by atoms with Crippen LogP contribution in [0.2, 0.25) is 0 Å². The fourth-order valence-corrected chi connectivity index (χ4v) is 5.05. The van der Waals surface area contributed by atoms with Gasteiger partial charge in [0, 0.05) is 25.1 Å². The van der Waals surface area contributed by atoms with Gasteiger partial charge in [-0.2, -0.15) is 0 Å². The fraction of sp³-hybridized carbons (Fsp3) is 0.429. The SMILES string of the molecule is COc1ccc(C(=O)NCCCCCc2nc3ccccc3n2CCCCOc2ccc(C(C)(C)C)cc2)cc1OC. The second kappa shape index (κ2) is 14.8. The third kappa shape index (κ3) is 8.28. The van der Waals surface area contributed by atoms with Gasteiger partial charge in [0.25, 0.3) is 5.91 Å². The number of carbonyl (C=O) groups excluding carboxylic acids is 1. The summed E-state index contributed by atoms with van der Waals surface area (Å²) in [4.78, 5) is 17.5. The zero-order chi connectivity index (χ0) is 30.0. The normalized spacial score (nSPS) is 11.5. The number of fused-ring (bicyclic) bond motifs is 1. The monoisotopic (exact) mass is 571 g/mol. The van der Waals surface area contributed by atoms with Crippen LogP contribution in [-0.4, -0.2) is 42.8 Å². The van der Waals surface area contributed by atoms with Crippen LogP contribution in [0, 0.1) is 0 Å². The van der Waals surface area contributed by atoms with Crippen molar-refractivity contribution in [2.24, 2.45) is 0 Å². The summed E-state index contributed by atoms with van der Waals surface area (Å²) in [7, 11) is 3.15. The average molecular weight is 572 g/mol. The molecule has 0 bridgehead atoms. The Morgan fingerprint density at radius 3 is 2.36 bits per heavy atom.